The zero-order chi connectivity index (χ0) is 18.8. The third kappa shape index (κ3) is 15.4. The lowest BCUT2D eigenvalue weighted by molar-refractivity contribution is -0.123. The molecule has 4 nitrogen and oxygen atoms in total. The summed E-state index contributed by atoms with van der Waals surface area (Å²) in [4.78, 5) is 11.8. The van der Waals surface area contributed by atoms with Crippen molar-refractivity contribution >= 4 is 5.91 Å². The van der Waals surface area contributed by atoms with Crippen LogP contribution in [0.3, 0.4) is 0 Å². The minimum Gasteiger partial charge on any atom is -0.394 e. The Balaban J connectivity index is 3.63. The third-order valence-corrected chi connectivity index (χ3v) is 4.87. The maximum absolute atomic E-state index is 11.8. The smallest absolute Gasteiger partial charge is 0.220 e. The number of hydrogen-bond acceptors (Lipinski definition) is 3. The van der Waals surface area contributed by atoms with Crippen LogP contribution in [-0.2, 0) is 4.79 Å². The van der Waals surface area contributed by atoms with Gasteiger partial charge in [0, 0.05) is 6.42 Å². The monoisotopic (exact) mass is 357 g/mol. The minimum absolute atomic E-state index is 0.0605. The molecule has 25 heavy (non-hydrogen) atoms. The maximum Gasteiger partial charge on any atom is 0.220 e. The summed E-state index contributed by atoms with van der Waals surface area (Å²) in [6.07, 6.45) is 16.1. The summed E-state index contributed by atoms with van der Waals surface area (Å²) in [5.74, 6) is -0.0605. The first kappa shape index (κ1) is 24.4. The molecule has 0 radical (unpaired) electrons. The van der Waals surface area contributed by atoms with Crippen molar-refractivity contribution < 1.29 is 15.0 Å². The molecule has 2 unspecified atom stereocenters. The highest BCUT2D eigenvalue weighted by atomic mass is 16.3. The van der Waals surface area contributed by atoms with Crippen molar-refractivity contribution in [2.24, 2.45) is 0 Å². The highest BCUT2D eigenvalue weighted by Gasteiger charge is 2.19. The molecule has 150 valence electrons. The van der Waals surface area contributed by atoms with Crippen molar-refractivity contribution in [3.63, 3.8) is 0 Å². The zero-order valence-corrected chi connectivity index (χ0v) is 16.8. The number of amides is 1. The largest absolute Gasteiger partial charge is 0.394 e. The normalized spacial score (nSPS) is 13.6. The van der Waals surface area contributed by atoms with Crippen molar-refractivity contribution in [3.05, 3.63) is 0 Å². The Labute approximate surface area is 155 Å². The fraction of sp³-hybridized carbons (Fsp3) is 0.952. The molecule has 0 aliphatic carbocycles. The number of rotatable bonds is 18. The fourth-order valence-electron chi connectivity index (χ4n) is 3.12. The van der Waals surface area contributed by atoms with Gasteiger partial charge in [-0.25, -0.2) is 0 Å². The van der Waals surface area contributed by atoms with Crippen LogP contribution in [0.25, 0.3) is 0 Å². The molecule has 0 aliphatic heterocycles. The molecule has 0 aliphatic rings. The molecular formula is C21H43NO3. The number of unbranched alkanes of at least 4 members (excludes halogenated alkanes) is 11. The van der Waals surface area contributed by atoms with Gasteiger partial charge in [-0.3, -0.25) is 4.79 Å². The lowest BCUT2D eigenvalue weighted by Crippen LogP contribution is -2.45. The summed E-state index contributed by atoms with van der Waals surface area (Å²) >= 11 is 0. The van der Waals surface area contributed by atoms with E-state index < -0.39 is 12.1 Å². The Bertz CT molecular complexity index is 297. The van der Waals surface area contributed by atoms with Crippen LogP contribution in [-0.4, -0.2) is 34.9 Å². The van der Waals surface area contributed by atoms with E-state index in [1.54, 1.807) is 0 Å². The Morgan fingerprint density at radius 2 is 1.28 bits per heavy atom. The summed E-state index contributed by atoms with van der Waals surface area (Å²) in [6.45, 7) is 4.15. The van der Waals surface area contributed by atoms with Gasteiger partial charge in [0.1, 0.15) is 0 Å². The lowest BCUT2D eigenvalue weighted by atomic mass is 10.0. The third-order valence-electron chi connectivity index (χ3n) is 4.87. The SMILES string of the molecule is CCCCCCCCCCCCC(O)C(CO)NC(=O)CCCCC. The Kier molecular flexibility index (Phi) is 17.7. The summed E-state index contributed by atoms with van der Waals surface area (Å²) in [7, 11) is 0. The van der Waals surface area contributed by atoms with Crippen LogP contribution in [0.5, 0.6) is 0 Å². The number of aliphatic hydroxyl groups excluding tert-OH is 2. The average Bonchev–Trinajstić information content (AvgIpc) is 2.61. The number of carbonyl (C=O) groups is 1. The first-order valence-electron chi connectivity index (χ1n) is 10.7. The molecule has 0 saturated heterocycles. The summed E-state index contributed by atoms with van der Waals surface area (Å²) in [5.41, 5.74) is 0. The molecule has 0 saturated carbocycles. The predicted octanol–water partition coefficient (Wildman–Crippen LogP) is 4.72. The Hall–Kier alpha value is -0.610. The molecule has 0 aromatic heterocycles. The Morgan fingerprint density at radius 3 is 1.80 bits per heavy atom. The summed E-state index contributed by atoms with van der Waals surface area (Å²) in [6, 6.07) is -0.521. The topological polar surface area (TPSA) is 69.6 Å². The van der Waals surface area contributed by atoms with E-state index in [2.05, 4.69) is 19.2 Å². The van der Waals surface area contributed by atoms with E-state index in [4.69, 9.17) is 0 Å². The summed E-state index contributed by atoms with van der Waals surface area (Å²) < 4.78 is 0. The first-order valence-corrected chi connectivity index (χ1v) is 10.7. The van der Waals surface area contributed by atoms with Gasteiger partial charge >= 0.3 is 0 Å². The number of nitrogens with one attached hydrogen (secondary N) is 1. The van der Waals surface area contributed by atoms with Crippen LogP contribution in [0.15, 0.2) is 0 Å². The molecule has 0 rings (SSSR count). The molecule has 0 spiro atoms. The van der Waals surface area contributed by atoms with Gasteiger partial charge < -0.3 is 15.5 Å². The van der Waals surface area contributed by atoms with Crippen molar-refractivity contribution in [2.75, 3.05) is 6.61 Å². The molecule has 0 heterocycles. The van der Waals surface area contributed by atoms with Crippen LogP contribution in [0.1, 0.15) is 110 Å². The second-order valence-electron chi connectivity index (χ2n) is 7.35. The van der Waals surface area contributed by atoms with E-state index in [1.165, 1.54) is 51.4 Å². The van der Waals surface area contributed by atoms with Gasteiger partial charge in [-0.05, 0) is 12.8 Å². The van der Waals surface area contributed by atoms with Crippen LogP contribution in [0.2, 0.25) is 0 Å². The zero-order valence-electron chi connectivity index (χ0n) is 16.8. The van der Waals surface area contributed by atoms with Crippen LogP contribution >= 0.6 is 0 Å². The van der Waals surface area contributed by atoms with Gasteiger partial charge in [0.2, 0.25) is 5.91 Å². The molecule has 4 heteroatoms. The van der Waals surface area contributed by atoms with Crippen LogP contribution < -0.4 is 5.32 Å². The van der Waals surface area contributed by atoms with Gasteiger partial charge in [-0.1, -0.05) is 90.9 Å². The van der Waals surface area contributed by atoms with E-state index in [0.717, 1.165) is 32.1 Å². The van der Waals surface area contributed by atoms with E-state index in [0.29, 0.717) is 12.8 Å². The molecule has 0 aromatic rings. The van der Waals surface area contributed by atoms with Gasteiger partial charge in [0.25, 0.3) is 0 Å². The molecule has 0 bridgehead atoms. The second kappa shape index (κ2) is 18.2. The van der Waals surface area contributed by atoms with E-state index in [-0.39, 0.29) is 12.5 Å². The minimum atomic E-state index is -0.644. The molecule has 0 aromatic carbocycles. The lowest BCUT2D eigenvalue weighted by Gasteiger charge is -2.22. The Morgan fingerprint density at radius 1 is 0.800 bits per heavy atom. The highest BCUT2D eigenvalue weighted by Crippen LogP contribution is 2.13. The van der Waals surface area contributed by atoms with E-state index in [9.17, 15) is 15.0 Å². The second-order valence-corrected chi connectivity index (χ2v) is 7.35. The molecule has 2 atom stereocenters. The van der Waals surface area contributed by atoms with Crippen molar-refractivity contribution in [2.45, 2.75) is 122 Å². The van der Waals surface area contributed by atoms with E-state index in [1.807, 2.05) is 0 Å². The average molecular weight is 358 g/mol. The van der Waals surface area contributed by atoms with Gasteiger partial charge in [-0.15, -0.1) is 0 Å². The van der Waals surface area contributed by atoms with Gasteiger partial charge in [-0.2, -0.15) is 0 Å². The predicted molar refractivity (Wildman–Crippen MR) is 106 cm³/mol. The number of hydrogen-bond donors (Lipinski definition) is 3. The van der Waals surface area contributed by atoms with Crippen molar-refractivity contribution in [1.29, 1.82) is 0 Å². The fourth-order valence-corrected chi connectivity index (χ4v) is 3.12. The highest BCUT2D eigenvalue weighted by molar-refractivity contribution is 5.76. The number of carbonyl (C=O) groups excluding carboxylic acids is 1. The quantitative estimate of drug-likeness (QED) is 0.311. The number of aliphatic hydroxyl groups is 2. The molecule has 0 fully saturated rings. The summed E-state index contributed by atoms with van der Waals surface area (Å²) in [5, 5.41) is 22.4. The van der Waals surface area contributed by atoms with E-state index >= 15 is 0 Å². The van der Waals surface area contributed by atoms with Crippen molar-refractivity contribution in [3.8, 4) is 0 Å². The van der Waals surface area contributed by atoms with Crippen LogP contribution in [0.4, 0.5) is 0 Å². The van der Waals surface area contributed by atoms with Gasteiger partial charge in [0.15, 0.2) is 0 Å². The maximum atomic E-state index is 11.8. The van der Waals surface area contributed by atoms with Crippen molar-refractivity contribution in [1.82, 2.24) is 5.32 Å². The molecular weight excluding hydrogens is 314 g/mol. The van der Waals surface area contributed by atoms with Gasteiger partial charge in [0.05, 0.1) is 18.8 Å². The molecule has 1 amide bonds. The van der Waals surface area contributed by atoms with Crippen LogP contribution in [0, 0.1) is 0 Å². The standard InChI is InChI=1S/C21H43NO3/c1-3-5-7-8-9-10-11-12-13-15-16-20(24)19(18-23)22-21(25)17-14-6-4-2/h19-20,23-24H,3-18H2,1-2H3,(H,22,25). The molecule has 3 N–H and O–H groups in total. The first-order chi connectivity index (χ1) is 12.2.